The number of methoxy groups -OCH3 is 1. The maximum absolute atomic E-state index is 5.13. The zero-order valence-corrected chi connectivity index (χ0v) is 13.8. The number of hydrogen-bond acceptors (Lipinski definition) is 3. The van der Waals surface area contributed by atoms with Gasteiger partial charge in [-0.1, -0.05) is 32.1 Å². The molecule has 0 atom stereocenters. The number of benzene rings is 1. The van der Waals surface area contributed by atoms with Crippen LogP contribution < -0.4 is 15.5 Å². The molecule has 1 aromatic rings. The lowest BCUT2D eigenvalue weighted by Gasteiger charge is -2.09. The molecule has 1 aromatic carbocycles. The summed E-state index contributed by atoms with van der Waals surface area (Å²) in [6, 6.07) is 7.83. The van der Waals surface area contributed by atoms with E-state index < -0.39 is 0 Å². The monoisotopic (exact) mass is 305 g/mol. The van der Waals surface area contributed by atoms with Gasteiger partial charge < -0.3 is 10.1 Å². The molecular formula is C16H23N3OS. The number of allylic oxidation sites excluding steroid dienone is 1. The third-order valence-corrected chi connectivity index (χ3v) is 2.87. The summed E-state index contributed by atoms with van der Waals surface area (Å²) in [6.45, 7) is 7.00. The lowest BCUT2D eigenvalue weighted by atomic mass is 10.2. The van der Waals surface area contributed by atoms with Crippen LogP contribution in [-0.4, -0.2) is 24.5 Å². The number of rotatable bonds is 6. The number of nitrogens with one attached hydrogen (secondary N) is 2. The zero-order chi connectivity index (χ0) is 15.7. The first kappa shape index (κ1) is 17.2. The maximum Gasteiger partial charge on any atom is 0.186 e. The Morgan fingerprint density at radius 3 is 2.57 bits per heavy atom. The van der Waals surface area contributed by atoms with E-state index in [2.05, 4.69) is 29.7 Å². The van der Waals surface area contributed by atoms with Crippen molar-refractivity contribution in [1.82, 2.24) is 10.7 Å². The number of hydrazone groups is 1. The average Bonchev–Trinajstić information content (AvgIpc) is 2.49. The number of ether oxygens (including phenoxy) is 1. The summed E-state index contributed by atoms with van der Waals surface area (Å²) in [7, 11) is 1.66. The van der Waals surface area contributed by atoms with Gasteiger partial charge in [0.1, 0.15) is 5.75 Å². The fourth-order valence-electron chi connectivity index (χ4n) is 1.44. The van der Waals surface area contributed by atoms with Crippen LogP contribution in [0.5, 0.6) is 5.75 Å². The molecule has 0 aliphatic rings. The predicted molar refractivity (Wildman–Crippen MR) is 93.7 cm³/mol. The summed E-state index contributed by atoms with van der Waals surface area (Å²) in [4.78, 5) is 0. The summed E-state index contributed by atoms with van der Waals surface area (Å²) in [5.74, 6) is 1.39. The first-order valence-corrected chi connectivity index (χ1v) is 7.32. The van der Waals surface area contributed by atoms with Gasteiger partial charge in [-0.05, 0) is 48.8 Å². The molecule has 114 valence electrons. The third kappa shape index (κ3) is 7.46. The molecule has 0 unspecified atom stereocenters. The maximum atomic E-state index is 5.13. The minimum atomic E-state index is 0.542. The lowest BCUT2D eigenvalue weighted by molar-refractivity contribution is 0.415. The molecule has 0 aliphatic heterocycles. The van der Waals surface area contributed by atoms with Crippen LogP contribution >= 0.6 is 12.2 Å². The first-order valence-electron chi connectivity index (χ1n) is 6.91. The van der Waals surface area contributed by atoms with E-state index in [0.717, 1.165) is 23.6 Å². The molecule has 2 N–H and O–H groups in total. The standard InChI is InChI=1S/C16H23N3OS/c1-12(2)11-17-16(21)19-18-13(3)5-6-14-7-9-15(20-4)10-8-14/h5-10,12H,11H2,1-4H3,(H2,17,19,21)/b6-5-,18-13+. The van der Waals surface area contributed by atoms with Crippen LogP contribution in [0, 0.1) is 5.92 Å². The van der Waals surface area contributed by atoms with Crippen LogP contribution in [0.1, 0.15) is 26.3 Å². The highest BCUT2D eigenvalue weighted by Gasteiger charge is 1.96. The highest BCUT2D eigenvalue weighted by Crippen LogP contribution is 2.12. The van der Waals surface area contributed by atoms with Crippen LogP contribution in [-0.2, 0) is 0 Å². The molecule has 0 heterocycles. The van der Waals surface area contributed by atoms with Gasteiger partial charge in [-0.25, -0.2) is 0 Å². The van der Waals surface area contributed by atoms with Gasteiger partial charge in [0.05, 0.1) is 12.8 Å². The normalized spacial score (nSPS) is 11.8. The number of hydrogen-bond donors (Lipinski definition) is 2. The zero-order valence-electron chi connectivity index (χ0n) is 13.0. The first-order chi connectivity index (χ1) is 10.0. The van der Waals surface area contributed by atoms with Crippen LogP contribution in [0.25, 0.3) is 6.08 Å². The fourth-order valence-corrected chi connectivity index (χ4v) is 1.57. The van der Waals surface area contributed by atoms with Crippen molar-refractivity contribution in [1.29, 1.82) is 0 Å². The Morgan fingerprint density at radius 1 is 1.33 bits per heavy atom. The number of nitrogens with zero attached hydrogens (tertiary/aromatic N) is 1. The van der Waals surface area contributed by atoms with Gasteiger partial charge in [0.2, 0.25) is 0 Å². The summed E-state index contributed by atoms with van der Waals surface area (Å²) < 4.78 is 5.12. The molecule has 4 nitrogen and oxygen atoms in total. The molecule has 0 spiro atoms. The Balaban J connectivity index is 2.47. The molecule has 0 amide bonds. The summed E-state index contributed by atoms with van der Waals surface area (Å²) in [5.41, 5.74) is 4.76. The smallest absolute Gasteiger partial charge is 0.186 e. The van der Waals surface area contributed by atoms with Crippen molar-refractivity contribution in [2.45, 2.75) is 20.8 Å². The van der Waals surface area contributed by atoms with Crippen molar-refractivity contribution in [3.05, 3.63) is 35.9 Å². The van der Waals surface area contributed by atoms with Gasteiger partial charge >= 0.3 is 0 Å². The van der Waals surface area contributed by atoms with Gasteiger partial charge in [-0.2, -0.15) is 5.10 Å². The van der Waals surface area contributed by atoms with E-state index >= 15 is 0 Å². The van der Waals surface area contributed by atoms with Crippen molar-refractivity contribution in [2.24, 2.45) is 11.0 Å². The average molecular weight is 305 g/mol. The second-order valence-corrected chi connectivity index (χ2v) is 5.48. The minimum absolute atomic E-state index is 0.542. The van der Waals surface area contributed by atoms with E-state index in [4.69, 9.17) is 17.0 Å². The highest BCUT2D eigenvalue weighted by atomic mass is 32.1. The van der Waals surface area contributed by atoms with E-state index in [1.807, 2.05) is 43.3 Å². The summed E-state index contributed by atoms with van der Waals surface area (Å²) >= 11 is 5.13. The van der Waals surface area contributed by atoms with Crippen LogP contribution in [0.2, 0.25) is 0 Å². The van der Waals surface area contributed by atoms with Gasteiger partial charge in [0.15, 0.2) is 5.11 Å². The molecule has 0 saturated carbocycles. The predicted octanol–water partition coefficient (Wildman–Crippen LogP) is 3.20. The van der Waals surface area contributed by atoms with Crippen molar-refractivity contribution < 1.29 is 4.74 Å². The van der Waals surface area contributed by atoms with Crippen LogP contribution in [0.15, 0.2) is 35.4 Å². The SMILES string of the molecule is COc1ccc(/C=C\C(C)=N\NC(=S)NCC(C)C)cc1. The van der Waals surface area contributed by atoms with Crippen LogP contribution in [0.4, 0.5) is 0 Å². The molecule has 0 aliphatic carbocycles. The Bertz CT molecular complexity index is 507. The Labute approximate surface area is 132 Å². The third-order valence-electron chi connectivity index (χ3n) is 2.64. The fraction of sp³-hybridized carbons (Fsp3) is 0.375. The second kappa shape index (κ2) is 9.13. The molecule has 1 rings (SSSR count). The van der Waals surface area contributed by atoms with Crippen LogP contribution in [0.3, 0.4) is 0 Å². The van der Waals surface area contributed by atoms with E-state index in [-0.39, 0.29) is 0 Å². The Hall–Kier alpha value is -1.88. The van der Waals surface area contributed by atoms with Gasteiger partial charge in [0.25, 0.3) is 0 Å². The topological polar surface area (TPSA) is 45.6 Å². The van der Waals surface area contributed by atoms with E-state index in [9.17, 15) is 0 Å². The molecular weight excluding hydrogens is 282 g/mol. The molecule has 0 fully saturated rings. The summed E-state index contributed by atoms with van der Waals surface area (Å²) in [5, 5.41) is 7.84. The van der Waals surface area contributed by atoms with E-state index in [0.29, 0.717) is 11.0 Å². The number of thiocarbonyl (C=S) groups is 1. The van der Waals surface area contributed by atoms with E-state index in [1.54, 1.807) is 7.11 Å². The lowest BCUT2D eigenvalue weighted by Crippen LogP contribution is -2.34. The van der Waals surface area contributed by atoms with Crippen molar-refractivity contribution >= 4 is 29.1 Å². The van der Waals surface area contributed by atoms with Crippen molar-refractivity contribution in [2.75, 3.05) is 13.7 Å². The van der Waals surface area contributed by atoms with Gasteiger partial charge in [0, 0.05) is 6.54 Å². The van der Waals surface area contributed by atoms with Crippen molar-refractivity contribution in [3.63, 3.8) is 0 Å². The Kier molecular flexibility index (Phi) is 7.46. The quantitative estimate of drug-likeness (QED) is 0.481. The molecule has 0 bridgehead atoms. The Morgan fingerprint density at radius 2 is 2.00 bits per heavy atom. The molecule has 0 aromatic heterocycles. The molecule has 5 heteroatoms. The highest BCUT2D eigenvalue weighted by molar-refractivity contribution is 7.80. The van der Waals surface area contributed by atoms with Gasteiger partial charge in [-0.15, -0.1) is 0 Å². The molecule has 21 heavy (non-hydrogen) atoms. The largest absolute Gasteiger partial charge is 0.497 e. The molecule has 0 radical (unpaired) electrons. The minimum Gasteiger partial charge on any atom is -0.497 e. The summed E-state index contributed by atoms with van der Waals surface area (Å²) in [6.07, 6.45) is 3.92. The van der Waals surface area contributed by atoms with E-state index in [1.165, 1.54) is 0 Å². The second-order valence-electron chi connectivity index (χ2n) is 5.08. The van der Waals surface area contributed by atoms with Gasteiger partial charge in [-0.3, -0.25) is 5.43 Å². The van der Waals surface area contributed by atoms with Crippen molar-refractivity contribution in [3.8, 4) is 5.75 Å². The molecule has 0 saturated heterocycles.